The van der Waals surface area contributed by atoms with Gasteiger partial charge < -0.3 is 24.0 Å². The maximum Gasteiger partial charge on any atom is 0.244 e. The van der Waals surface area contributed by atoms with Crippen LogP contribution < -0.4 is 28.9 Å². The molecule has 0 N–H and O–H groups in total. The first-order valence-electron chi connectivity index (χ1n) is 11.1. The predicted molar refractivity (Wildman–Crippen MR) is 130 cm³/mol. The summed E-state index contributed by atoms with van der Waals surface area (Å²) < 4.78 is 2.33. The van der Waals surface area contributed by atoms with Gasteiger partial charge in [0.05, 0.1) is 14.1 Å². The van der Waals surface area contributed by atoms with E-state index in [1.807, 2.05) is 0 Å². The number of hydrogen-bond acceptors (Lipinski definition) is 0. The monoisotopic (exact) mass is 520 g/mol. The first-order valence-corrected chi connectivity index (χ1v) is 11.1. The van der Waals surface area contributed by atoms with Gasteiger partial charge in [0.25, 0.3) is 0 Å². The summed E-state index contributed by atoms with van der Waals surface area (Å²) in [4.78, 5) is 2.33. The summed E-state index contributed by atoms with van der Waals surface area (Å²) in [6, 6.07) is 13.5. The number of benzene rings is 2. The normalized spacial score (nSPS) is 12.1. The molecule has 0 aromatic heterocycles. The van der Waals surface area contributed by atoms with E-state index in [-0.39, 0.29) is 24.0 Å². The molecule has 0 bridgehead atoms. The maximum atomic E-state index is 2.33. The lowest BCUT2D eigenvalue weighted by atomic mass is 9.92. The van der Waals surface area contributed by atoms with Crippen molar-refractivity contribution in [2.24, 2.45) is 0 Å². The van der Waals surface area contributed by atoms with Crippen molar-refractivity contribution in [2.45, 2.75) is 79.1 Å². The zero-order valence-electron chi connectivity index (χ0n) is 20.6. The molecule has 30 heavy (non-hydrogen) atoms. The van der Waals surface area contributed by atoms with Crippen LogP contribution in [0, 0.1) is 0 Å². The average Bonchev–Trinajstić information content (AvgIpc) is 2.66. The maximum absolute atomic E-state index is 2.33. The quantitative estimate of drug-likeness (QED) is 0.224. The Morgan fingerprint density at radius 2 is 1.00 bits per heavy atom. The molecule has 3 heteroatoms. The van der Waals surface area contributed by atoms with Crippen LogP contribution in [-0.4, -0.2) is 25.0 Å². The second-order valence-electron chi connectivity index (χ2n) is 9.53. The van der Waals surface area contributed by atoms with Crippen molar-refractivity contribution in [1.82, 2.24) is 0 Å². The van der Waals surface area contributed by atoms with Crippen molar-refractivity contribution in [2.75, 3.05) is 19.0 Å². The van der Waals surface area contributed by atoms with E-state index in [9.17, 15) is 0 Å². The molecule has 0 unspecified atom stereocenters. The number of hydrogen-bond donors (Lipinski definition) is 0. The fourth-order valence-electron chi connectivity index (χ4n) is 4.21. The van der Waals surface area contributed by atoms with Crippen molar-refractivity contribution < 1.29 is 28.6 Å². The molecule has 166 valence electrons. The van der Waals surface area contributed by atoms with Crippen LogP contribution in [0.5, 0.6) is 0 Å². The third kappa shape index (κ3) is 5.87. The summed E-state index contributed by atoms with van der Waals surface area (Å²) >= 11 is 0. The highest BCUT2D eigenvalue weighted by Gasteiger charge is 2.23. The molecule has 2 rings (SSSR count). The Morgan fingerprint density at radius 3 is 1.33 bits per heavy atom. The summed E-state index contributed by atoms with van der Waals surface area (Å²) in [5.74, 6) is 1.94. The van der Waals surface area contributed by atoms with Gasteiger partial charge in [0.2, 0.25) is 6.34 Å². The fraction of sp³-hybridized carbons (Fsp3) is 0.519. The molecular formula is C27H41IN2. The number of halogens is 1. The lowest BCUT2D eigenvalue weighted by molar-refractivity contribution is -0.402. The Hall–Kier alpha value is -1.36. The topological polar surface area (TPSA) is 6.25 Å². The van der Waals surface area contributed by atoms with Gasteiger partial charge in [-0.1, -0.05) is 91.8 Å². The first kappa shape index (κ1) is 26.7. The van der Waals surface area contributed by atoms with Gasteiger partial charge in [-0.05, 0) is 23.7 Å². The average molecular weight is 521 g/mol. The molecule has 0 spiro atoms. The number of para-hydroxylation sites is 2. The van der Waals surface area contributed by atoms with E-state index >= 15 is 0 Å². The summed E-state index contributed by atoms with van der Waals surface area (Å²) in [7, 11) is 4.38. The van der Waals surface area contributed by atoms with Gasteiger partial charge in [0.1, 0.15) is 11.4 Å². The van der Waals surface area contributed by atoms with Crippen LogP contribution in [0.2, 0.25) is 0 Å². The highest BCUT2D eigenvalue weighted by atomic mass is 127. The van der Waals surface area contributed by atoms with Gasteiger partial charge in [0.15, 0.2) is 0 Å². The van der Waals surface area contributed by atoms with Crippen molar-refractivity contribution in [3.8, 4) is 0 Å². The van der Waals surface area contributed by atoms with E-state index in [0.29, 0.717) is 23.7 Å². The zero-order valence-corrected chi connectivity index (χ0v) is 22.8. The molecule has 0 saturated carbocycles. The van der Waals surface area contributed by atoms with Gasteiger partial charge in [-0.25, -0.2) is 9.48 Å². The molecule has 2 aromatic carbocycles. The van der Waals surface area contributed by atoms with Crippen LogP contribution in [-0.2, 0) is 0 Å². The molecular weight excluding hydrogens is 479 g/mol. The third-order valence-electron chi connectivity index (χ3n) is 5.74. The minimum atomic E-state index is 0. The second kappa shape index (κ2) is 11.3. The molecule has 2 aromatic rings. The molecule has 0 atom stereocenters. The zero-order chi connectivity index (χ0) is 21.9. The highest BCUT2D eigenvalue weighted by Crippen LogP contribution is 2.36. The van der Waals surface area contributed by atoms with Gasteiger partial charge in [0, 0.05) is 22.3 Å². The minimum Gasteiger partial charge on any atom is -1.00 e. The first-order chi connectivity index (χ1) is 13.6. The van der Waals surface area contributed by atoms with Crippen LogP contribution in [0.25, 0.3) is 0 Å². The summed E-state index contributed by atoms with van der Waals surface area (Å²) in [5.41, 5.74) is 8.32. The van der Waals surface area contributed by atoms with E-state index < -0.39 is 0 Å². The molecule has 0 aliphatic heterocycles. The van der Waals surface area contributed by atoms with Crippen LogP contribution >= 0.6 is 0 Å². The Bertz CT molecular complexity index is 811. The number of rotatable bonds is 7. The van der Waals surface area contributed by atoms with E-state index in [0.717, 1.165) is 0 Å². The predicted octanol–water partition coefficient (Wildman–Crippen LogP) is 4.62. The van der Waals surface area contributed by atoms with Gasteiger partial charge in [-0.2, -0.15) is 0 Å². The van der Waals surface area contributed by atoms with Gasteiger partial charge in [-0.15, -0.1) is 0 Å². The third-order valence-corrected chi connectivity index (χ3v) is 5.74. The lowest BCUT2D eigenvalue weighted by Crippen LogP contribution is -3.00. The largest absolute Gasteiger partial charge is 1.00 e. The summed E-state index contributed by atoms with van der Waals surface area (Å²) in [6.45, 7) is 18.3. The Labute approximate surface area is 202 Å². The van der Waals surface area contributed by atoms with E-state index in [1.54, 1.807) is 0 Å². The van der Waals surface area contributed by atoms with Crippen LogP contribution in [0.4, 0.5) is 11.4 Å². The minimum absolute atomic E-state index is 0. The van der Waals surface area contributed by atoms with Crippen molar-refractivity contribution in [3.05, 3.63) is 58.7 Å². The number of anilines is 1. The fourth-order valence-corrected chi connectivity index (χ4v) is 4.21. The highest BCUT2D eigenvalue weighted by molar-refractivity contribution is 5.80. The van der Waals surface area contributed by atoms with Crippen molar-refractivity contribution in [3.63, 3.8) is 0 Å². The van der Waals surface area contributed by atoms with Gasteiger partial charge in [-0.3, -0.25) is 0 Å². The molecule has 0 heterocycles. The van der Waals surface area contributed by atoms with E-state index in [1.165, 1.54) is 33.6 Å². The van der Waals surface area contributed by atoms with Crippen LogP contribution in [0.3, 0.4) is 0 Å². The SMILES string of the molecule is CC(C)c1cccc(C(C)C)c1N(C)C=[N+](C)c1c(C(C)C)cccc1C(C)C.[I-]. The molecule has 2 nitrogen and oxygen atoms in total. The number of nitrogens with zero attached hydrogens (tertiary/aromatic N) is 2. The Balaban J connectivity index is 0.00000450. The smallest absolute Gasteiger partial charge is 0.244 e. The van der Waals surface area contributed by atoms with Crippen molar-refractivity contribution >= 4 is 17.7 Å². The van der Waals surface area contributed by atoms with Crippen molar-refractivity contribution in [1.29, 1.82) is 0 Å². The standard InChI is InChI=1S/C27H41N2.HI/c1-18(2)22-13-11-14-23(19(3)4)26(22)28(9)17-29(10)27-24(20(5)6)15-12-16-25(27)21(7)8;/h11-21H,1-10H3;1H/q+1;/p-1. The summed E-state index contributed by atoms with van der Waals surface area (Å²) in [5, 5.41) is 0. The van der Waals surface area contributed by atoms with E-state index in [2.05, 4.69) is 122 Å². The molecule has 0 aliphatic carbocycles. The molecule has 0 radical (unpaired) electrons. The molecule has 0 saturated heterocycles. The van der Waals surface area contributed by atoms with Crippen LogP contribution in [0.1, 0.15) is 101 Å². The second-order valence-corrected chi connectivity index (χ2v) is 9.53. The summed E-state index contributed by atoms with van der Waals surface area (Å²) in [6.07, 6.45) is 2.26. The molecule has 0 aliphatic rings. The lowest BCUT2D eigenvalue weighted by Gasteiger charge is -2.22. The van der Waals surface area contributed by atoms with E-state index in [4.69, 9.17) is 0 Å². The van der Waals surface area contributed by atoms with Gasteiger partial charge >= 0.3 is 0 Å². The van der Waals surface area contributed by atoms with Crippen LogP contribution in [0.15, 0.2) is 36.4 Å². The molecule has 0 fully saturated rings. The Morgan fingerprint density at radius 1 is 0.667 bits per heavy atom. The molecule has 0 amide bonds. The Kier molecular flexibility index (Phi) is 10.1.